The lowest BCUT2D eigenvalue weighted by Gasteiger charge is -2.21. The second kappa shape index (κ2) is 6.45. The van der Waals surface area contributed by atoms with Gasteiger partial charge in [0.1, 0.15) is 17.4 Å². The molecule has 0 saturated carbocycles. The van der Waals surface area contributed by atoms with E-state index < -0.39 is 0 Å². The van der Waals surface area contributed by atoms with Gasteiger partial charge in [0.2, 0.25) is 0 Å². The first-order chi connectivity index (χ1) is 12.9. The molecule has 0 fully saturated rings. The summed E-state index contributed by atoms with van der Waals surface area (Å²) < 4.78 is 0. The molecule has 0 bridgehead atoms. The van der Waals surface area contributed by atoms with Crippen LogP contribution in [0.3, 0.4) is 0 Å². The van der Waals surface area contributed by atoms with Gasteiger partial charge in [-0.2, -0.15) is 0 Å². The standard InChI is InChI=1S/C20H20N4O3/c1-22-15(4-7-18(22)25)12-10-13(16-5-8-19(26)23(16)2)21-14(11-12)17-6-9-20(27)24(17)3/h4-11,15-17H,1-3H3/p+3. The fourth-order valence-electron chi connectivity index (χ4n) is 3.93. The Morgan fingerprint density at radius 2 is 1.04 bits per heavy atom. The van der Waals surface area contributed by atoms with Crippen LogP contribution in [0.25, 0.3) is 0 Å². The summed E-state index contributed by atoms with van der Waals surface area (Å²) in [6, 6.07) is 3.53. The average molecular weight is 367 g/mol. The van der Waals surface area contributed by atoms with Crippen LogP contribution in [0.1, 0.15) is 35.1 Å². The van der Waals surface area contributed by atoms with E-state index in [9.17, 15) is 14.4 Å². The van der Waals surface area contributed by atoms with Crippen molar-refractivity contribution in [3.8, 4) is 0 Å². The molecule has 3 amide bonds. The first-order valence-electron chi connectivity index (χ1n) is 9.06. The highest BCUT2D eigenvalue weighted by Crippen LogP contribution is 2.24. The molecule has 0 aromatic carbocycles. The number of carbonyl (C=O) groups excluding carboxylic acids is 3. The molecule has 7 heteroatoms. The summed E-state index contributed by atoms with van der Waals surface area (Å²) in [5.74, 6) is 0.0783. The van der Waals surface area contributed by atoms with Gasteiger partial charge in [0.25, 0.3) is 0 Å². The minimum absolute atomic E-state index is 0.0196. The van der Waals surface area contributed by atoms with E-state index in [2.05, 4.69) is 0 Å². The largest absolute Gasteiger partial charge is 0.337 e. The SMILES string of the molecule is C[NH+]1C(=O)C=CC1c1cc(C2C=CC(=O)[NH+]2C)nc(C2C=CC(=O)[NH+]2C)c1. The second-order valence-electron chi connectivity index (χ2n) is 7.40. The maximum Gasteiger partial charge on any atom is 0.337 e. The quantitative estimate of drug-likeness (QED) is 0.534. The van der Waals surface area contributed by atoms with Crippen molar-refractivity contribution in [3.05, 3.63) is 65.5 Å². The lowest BCUT2D eigenvalue weighted by atomic mass is 10.0. The normalized spacial score (nSPS) is 35.0. The zero-order valence-electron chi connectivity index (χ0n) is 15.5. The fraction of sp³-hybridized carbons (Fsp3) is 0.300. The minimum atomic E-state index is -0.168. The molecule has 4 rings (SSSR count). The second-order valence-corrected chi connectivity index (χ2v) is 7.40. The molecule has 0 saturated heterocycles. The van der Waals surface area contributed by atoms with Gasteiger partial charge in [-0.1, -0.05) is 0 Å². The van der Waals surface area contributed by atoms with E-state index in [1.807, 2.05) is 51.5 Å². The highest BCUT2D eigenvalue weighted by molar-refractivity contribution is 5.83. The predicted octanol–water partition coefficient (Wildman–Crippen LogP) is -2.96. The van der Waals surface area contributed by atoms with Gasteiger partial charge in [-0.25, -0.2) is 19.4 Å². The Morgan fingerprint density at radius 3 is 1.37 bits per heavy atom. The number of pyridine rings is 1. The van der Waals surface area contributed by atoms with Crippen LogP contribution in [0.5, 0.6) is 0 Å². The Kier molecular flexibility index (Phi) is 4.22. The number of nitrogens with one attached hydrogen (secondary N) is 3. The van der Waals surface area contributed by atoms with Crippen molar-refractivity contribution >= 4 is 17.7 Å². The molecule has 3 aliphatic rings. The molecule has 0 spiro atoms. The van der Waals surface area contributed by atoms with Crippen molar-refractivity contribution < 1.29 is 29.1 Å². The Bertz CT molecular complexity index is 802. The van der Waals surface area contributed by atoms with Crippen LogP contribution in [0, 0.1) is 0 Å². The van der Waals surface area contributed by atoms with Crippen molar-refractivity contribution in [1.82, 2.24) is 4.98 Å². The molecule has 27 heavy (non-hydrogen) atoms. The lowest BCUT2D eigenvalue weighted by molar-refractivity contribution is -0.820. The highest BCUT2D eigenvalue weighted by atomic mass is 16.2. The zero-order chi connectivity index (χ0) is 19.3. The third-order valence-electron chi connectivity index (χ3n) is 5.77. The van der Waals surface area contributed by atoms with Crippen molar-refractivity contribution in [2.75, 3.05) is 21.1 Å². The monoisotopic (exact) mass is 367 g/mol. The van der Waals surface area contributed by atoms with Crippen LogP contribution in [0.15, 0.2) is 48.6 Å². The molecule has 6 unspecified atom stereocenters. The van der Waals surface area contributed by atoms with Crippen molar-refractivity contribution in [3.63, 3.8) is 0 Å². The predicted molar refractivity (Wildman–Crippen MR) is 95.6 cm³/mol. The molecule has 1 aromatic rings. The van der Waals surface area contributed by atoms with E-state index in [1.54, 1.807) is 18.2 Å². The third kappa shape index (κ3) is 2.90. The van der Waals surface area contributed by atoms with Crippen molar-refractivity contribution in [2.45, 2.75) is 18.1 Å². The molecule has 4 heterocycles. The maximum atomic E-state index is 12.0. The smallest absolute Gasteiger partial charge is 0.261 e. The number of hydrogen-bond acceptors (Lipinski definition) is 4. The summed E-state index contributed by atoms with van der Waals surface area (Å²) in [6.07, 6.45) is 10.4. The summed E-state index contributed by atoms with van der Waals surface area (Å²) in [5.41, 5.74) is 2.53. The first-order valence-corrected chi connectivity index (χ1v) is 9.06. The van der Waals surface area contributed by atoms with Gasteiger partial charge in [0.05, 0.1) is 21.1 Å². The number of amides is 3. The first kappa shape index (κ1) is 17.7. The number of likely N-dealkylation sites (N-methyl/N-ethyl adjacent to an activating group) is 3. The third-order valence-corrected chi connectivity index (χ3v) is 5.77. The minimum Gasteiger partial charge on any atom is -0.261 e. The van der Waals surface area contributed by atoms with Crippen LogP contribution in [-0.2, 0) is 14.4 Å². The molecule has 7 nitrogen and oxygen atoms in total. The Labute approximate surface area is 157 Å². The van der Waals surface area contributed by atoms with E-state index in [0.717, 1.165) is 31.7 Å². The number of nitrogens with zero attached hydrogens (tertiary/aromatic N) is 1. The van der Waals surface area contributed by atoms with Gasteiger partial charge >= 0.3 is 17.7 Å². The lowest BCUT2D eigenvalue weighted by Crippen LogP contribution is -3.10. The topological polar surface area (TPSA) is 77.4 Å². The van der Waals surface area contributed by atoms with Crippen molar-refractivity contribution in [1.29, 1.82) is 0 Å². The van der Waals surface area contributed by atoms with E-state index in [4.69, 9.17) is 4.98 Å². The molecule has 0 aliphatic carbocycles. The summed E-state index contributed by atoms with van der Waals surface area (Å²) in [4.78, 5) is 43.0. The molecule has 138 valence electrons. The highest BCUT2D eigenvalue weighted by Gasteiger charge is 2.37. The molecule has 1 aromatic heterocycles. The maximum absolute atomic E-state index is 12.0. The average Bonchev–Trinajstić information content (AvgIpc) is 3.28. The van der Waals surface area contributed by atoms with Crippen LogP contribution < -0.4 is 14.7 Å². The van der Waals surface area contributed by atoms with Crippen LogP contribution in [0.4, 0.5) is 0 Å². The zero-order valence-corrected chi connectivity index (χ0v) is 15.5. The number of quaternary nitrogens is 3. The molecule has 3 N–H and O–H groups in total. The van der Waals surface area contributed by atoms with E-state index in [1.165, 1.54) is 0 Å². The summed E-state index contributed by atoms with van der Waals surface area (Å²) >= 11 is 0. The molecule has 0 radical (unpaired) electrons. The number of aromatic nitrogens is 1. The van der Waals surface area contributed by atoms with Crippen LogP contribution in [-0.4, -0.2) is 43.8 Å². The Balaban J connectivity index is 1.80. The number of carbonyl (C=O) groups is 3. The number of rotatable bonds is 3. The molecular weight excluding hydrogens is 344 g/mol. The Morgan fingerprint density at radius 1 is 0.667 bits per heavy atom. The van der Waals surface area contributed by atoms with Crippen LogP contribution >= 0.6 is 0 Å². The van der Waals surface area contributed by atoms with Crippen LogP contribution in [0.2, 0.25) is 0 Å². The summed E-state index contributed by atoms with van der Waals surface area (Å²) in [7, 11) is 5.50. The van der Waals surface area contributed by atoms with E-state index in [-0.39, 0.29) is 35.8 Å². The summed E-state index contributed by atoms with van der Waals surface area (Å²) in [5, 5.41) is 0. The van der Waals surface area contributed by atoms with Crippen molar-refractivity contribution in [2.24, 2.45) is 0 Å². The van der Waals surface area contributed by atoms with Gasteiger partial charge in [-0.3, -0.25) is 14.7 Å². The van der Waals surface area contributed by atoms with Gasteiger partial charge in [-0.05, 0) is 30.4 Å². The van der Waals surface area contributed by atoms with Gasteiger partial charge in [0, 0.05) is 23.8 Å². The fourth-order valence-corrected chi connectivity index (χ4v) is 3.93. The van der Waals surface area contributed by atoms with Gasteiger partial charge in [0.15, 0.2) is 12.1 Å². The van der Waals surface area contributed by atoms with E-state index >= 15 is 0 Å². The molecular formula is C20H23N4O3+3. The van der Waals surface area contributed by atoms with E-state index in [0.29, 0.717) is 0 Å². The summed E-state index contributed by atoms with van der Waals surface area (Å²) in [6.45, 7) is 0. The Hall–Kier alpha value is -2.74. The number of hydrogen-bond donors (Lipinski definition) is 3. The van der Waals surface area contributed by atoms with Gasteiger partial charge < -0.3 is 0 Å². The van der Waals surface area contributed by atoms with Gasteiger partial charge in [-0.15, -0.1) is 0 Å². The molecule has 6 atom stereocenters. The molecule has 3 aliphatic heterocycles.